The smallest absolute Gasteiger partial charge is 0.151 e. The van der Waals surface area contributed by atoms with Gasteiger partial charge in [-0.05, 0) is 12.1 Å². The Labute approximate surface area is 90.6 Å². The molecule has 0 aliphatic heterocycles. The monoisotopic (exact) mass is 226 g/mol. The van der Waals surface area contributed by atoms with E-state index in [1.54, 1.807) is 18.2 Å². The maximum absolute atomic E-state index is 13.6. The van der Waals surface area contributed by atoms with Crippen molar-refractivity contribution in [3.63, 3.8) is 0 Å². The number of halogens is 2. The summed E-state index contributed by atoms with van der Waals surface area (Å²) in [5.41, 5.74) is 6.07. The summed E-state index contributed by atoms with van der Waals surface area (Å²) in [5.74, 6) is 0.000383. The minimum atomic E-state index is -0.504. The fourth-order valence-corrected chi connectivity index (χ4v) is 1.41. The lowest BCUT2D eigenvalue weighted by Gasteiger charge is -1.98. The predicted octanol–water partition coefficient (Wildman–Crippen LogP) is 2.59. The van der Waals surface area contributed by atoms with Crippen LogP contribution in [0, 0.1) is 5.82 Å². The molecule has 0 unspecified atom stereocenters. The zero-order valence-corrected chi connectivity index (χ0v) is 8.46. The number of hydrogen-bond acceptors (Lipinski definition) is 3. The van der Waals surface area contributed by atoms with Crippen LogP contribution in [0.3, 0.4) is 0 Å². The molecule has 2 N–H and O–H groups in total. The van der Waals surface area contributed by atoms with Gasteiger partial charge in [-0.3, -0.25) is 0 Å². The second-order valence-corrected chi connectivity index (χ2v) is 3.39. The van der Waals surface area contributed by atoms with Crippen LogP contribution < -0.4 is 5.73 Å². The molecule has 0 amide bonds. The molecule has 1 heterocycles. The van der Waals surface area contributed by atoms with Crippen LogP contribution in [0.25, 0.3) is 11.3 Å². The van der Waals surface area contributed by atoms with Gasteiger partial charge in [0, 0.05) is 11.6 Å². The molecule has 0 fully saturated rings. The topological polar surface area (TPSA) is 52.0 Å². The van der Waals surface area contributed by atoms with Gasteiger partial charge in [-0.25, -0.2) is 4.39 Å². The minimum Gasteiger partial charge on any atom is -0.359 e. The first-order chi connectivity index (χ1) is 7.22. The number of benzene rings is 1. The van der Waals surface area contributed by atoms with Crippen molar-refractivity contribution in [3.8, 4) is 11.3 Å². The molecule has 2 rings (SSSR count). The van der Waals surface area contributed by atoms with Crippen molar-refractivity contribution >= 4 is 11.6 Å². The van der Waals surface area contributed by atoms with Crippen LogP contribution in [0.15, 0.2) is 28.8 Å². The van der Waals surface area contributed by atoms with E-state index >= 15 is 0 Å². The fraction of sp³-hybridized carbons (Fsp3) is 0.100. The second-order valence-electron chi connectivity index (χ2n) is 2.98. The molecule has 5 heteroatoms. The van der Waals surface area contributed by atoms with E-state index in [1.807, 2.05) is 0 Å². The van der Waals surface area contributed by atoms with E-state index in [-0.39, 0.29) is 11.6 Å². The SMILES string of the molecule is NCc1cc(-c2cccc(Cl)c2F)no1. The molecule has 15 heavy (non-hydrogen) atoms. The van der Waals surface area contributed by atoms with Crippen LogP contribution >= 0.6 is 11.6 Å². The third-order valence-corrected chi connectivity index (χ3v) is 2.28. The van der Waals surface area contributed by atoms with Gasteiger partial charge in [-0.1, -0.05) is 22.8 Å². The van der Waals surface area contributed by atoms with Crippen LogP contribution in [-0.4, -0.2) is 5.16 Å². The lowest BCUT2D eigenvalue weighted by atomic mass is 10.1. The van der Waals surface area contributed by atoms with E-state index < -0.39 is 5.82 Å². The van der Waals surface area contributed by atoms with Gasteiger partial charge in [-0.2, -0.15) is 0 Å². The molecule has 78 valence electrons. The Morgan fingerprint density at radius 2 is 2.27 bits per heavy atom. The predicted molar refractivity (Wildman–Crippen MR) is 54.8 cm³/mol. The molecule has 1 aromatic carbocycles. The van der Waals surface area contributed by atoms with Gasteiger partial charge in [0.2, 0.25) is 0 Å². The van der Waals surface area contributed by atoms with E-state index in [1.165, 1.54) is 6.07 Å². The first-order valence-electron chi connectivity index (χ1n) is 4.32. The fourth-order valence-electron chi connectivity index (χ4n) is 1.24. The molecule has 0 bridgehead atoms. The highest BCUT2D eigenvalue weighted by atomic mass is 35.5. The lowest BCUT2D eigenvalue weighted by Crippen LogP contribution is -1.92. The molecule has 0 saturated carbocycles. The Hall–Kier alpha value is -1.39. The van der Waals surface area contributed by atoms with E-state index in [9.17, 15) is 4.39 Å². The Kier molecular flexibility index (Phi) is 2.70. The highest BCUT2D eigenvalue weighted by Crippen LogP contribution is 2.26. The Bertz CT molecular complexity index is 484. The number of nitrogens with two attached hydrogens (primary N) is 1. The number of nitrogens with zero attached hydrogens (tertiary/aromatic N) is 1. The first kappa shape index (κ1) is 10.1. The molecule has 0 atom stereocenters. The van der Waals surface area contributed by atoms with Crippen molar-refractivity contribution in [2.75, 3.05) is 0 Å². The third kappa shape index (κ3) is 1.86. The maximum atomic E-state index is 13.6. The third-order valence-electron chi connectivity index (χ3n) is 1.99. The summed E-state index contributed by atoms with van der Waals surface area (Å²) in [5, 5.41) is 3.77. The average molecular weight is 227 g/mol. The summed E-state index contributed by atoms with van der Waals surface area (Å²) in [4.78, 5) is 0. The number of hydrogen-bond donors (Lipinski definition) is 1. The van der Waals surface area contributed by atoms with Crippen LogP contribution in [-0.2, 0) is 6.54 Å². The standard InChI is InChI=1S/C10H8ClFN2O/c11-8-3-1-2-7(10(8)12)9-4-6(5-13)15-14-9/h1-4H,5,13H2. The van der Waals surface area contributed by atoms with E-state index in [4.69, 9.17) is 21.9 Å². The van der Waals surface area contributed by atoms with Crippen molar-refractivity contribution in [1.29, 1.82) is 0 Å². The van der Waals surface area contributed by atoms with Crippen molar-refractivity contribution in [2.45, 2.75) is 6.54 Å². The number of rotatable bonds is 2. The van der Waals surface area contributed by atoms with E-state index in [0.29, 0.717) is 17.0 Å². The Morgan fingerprint density at radius 3 is 2.93 bits per heavy atom. The zero-order chi connectivity index (χ0) is 10.8. The van der Waals surface area contributed by atoms with Crippen molar-refractivity contribution in [1.82, 2.24) is 5.16 Å². The number of aromatic nitrogens is 1. The second kappa shape index (κ2) is 4.00. The van der Waals surface area contributed by atoms with Gasteiger partial charge < -0.3 is 10.3 Å². The van der Waals surface area contributed by atoms with Crippen LogP contribution in [0.2, 0.25) is 5.02 Å². The Balaban J connectivity index is 2.49. The van der Waals surface area contributed by atoms with Gasteiger partial charge in [0.1, 0.15) is 5.69 Å². The van der Waals surface area contributed by atoms with Crippen LogP contribution in [0.1, 0.15) is 5.76 Å². The van der Waals surface area contributed by atoms with E-state index in [0.717, 1.165) is 0 Å². The summed E-state index contributed by atoms with van der Waals surface area (Å²) in [6, 6.07) is 6.30. The molecular formula is C10H8ClFN2O. The summed E-state index contributed by atoms with van der Waals surface area (Å²) in [7, 11) is 0. The average Bonchev–Trinajstić information content (AvgIpc) is 2.70. The quantitative estimate of drug-likeness (QED) is 0.856. The largest absolute Gasteiger partial charge is 0.359 e. The van der Waals surface area contributed by atoms with Crippen LogP contribution in [0.5, 0.6) is 0 Å². The minimum absolute atomic E-state index is 0.0600. The molecule has 2 aromatic rings. The molecule has 0 radical (unpaired) electrons. The molecule has 0 saturated heterocycles. The summed E-state index contributed by atoms with van der Waals surface area (Å²) in [6.45, 7) is 0.231. The van der Waals surface area contributed by atoms with Crippen molar-refractivity contribution in [3.05, 3.63) is 40.9 Å². The summed E-state index contributed by atoms with van der Waals surface area (Å²) < 4.78 is 18.4. The molecule has 1 aromatic heterocycles. The van der Waals surface area contributed by atoms with Gasteiger partial charge in [0.05, 0.1) is 11.6 Å². The van der Waals surface area contributed by atoms with Crippen molar-refractivity contribution < 1.29 is 8.91 Å². The Morgan fingerprint density at radius 1 is 1.47 bits per heavy atom. The zero-order valence-electron chi connectivity index (χ0n) is 7.71. The first-order valence-corrected chi connectivity index (χ1v) is 4.70. The highest BCUT2D eigenvalue weighted by Gasteiger charge is 2.12. The van der Waals surface area contributed by atoms with Gasteiger partial charge in [0.15, 0.2) is 11.6 Å². The molecule has 0 aliphatic rings. The van der Waals surface area contributed by atoms with Gasteiger partial charge in [0.25, 0.3) is 0 Å². The molecule has 3 nitrogen and oxygen atoms in total. The van der Waals surface area contributed by atoms with Crippen LogP contribution in [0.4, 0.5) is 4.39 Å². The van der Waals surface area contributed by atoms with Crippen molar-refractivity contribution in [2.24, 2.45) is 5.73 Å². The van der Waals surface area contributed by atoms with Gasteiger partial charge in [-0.15, -0.1) is 0 Å². The normalized spacial score (nSPS) is 10.6. The molecular weight excluding hydrogens is 219 g/mol. The maximum Gasteiger partial charge on any atom is 0.151 e. The van der Waals surface area contributed by atoms with E-state index in [2.05, 4.69) is 5.16 Å². The molecule has 0 spiro atoms. The highest BCUT2D eigenvalue weighted by molar-refractivity contribution is 6.31. The summed E-state index contributed by atoms with van der Waals surface area (Å²) >= 11 is 5.65. The van der Waals surface area contributed by atoms with Gasteiger partial charge >= 0.3 is 0 Å². The summed E-state index contributed by atoms with van der Waals surface area (Å²) in [6.07, 6.45) is 0. The lowest BCUT2D eigenvalue weighted by molar-refractivity contribution is 0.386. The molecule has 0 aliphatic carbocycles.